The fraction of sp³-hybridized carbons (Fsp3) is 0.0741. The van der Waals surface area contributed by atoms with Crippen molar-refractivity contribution in [3.8, 4) is 23.0 Å². The van der Waals surface area contributed by atoms with Gasteiger partial charge in [0.05, 0.1) is 18.1 Å². The Bertz CT molecular complexity index is 1710. The molecule has 0 aliphatic carbocycles. The van der Waals surface area contributed by atoms with E-state index in [1.54, 1.807) is 43.3 Å². The van der Waals surface area contributed by atoms with Gasteiger partial charge in [0.2, 0.25) is 11.2 Å². The number of fused-ring (bicyclic) bond motifs is 2. The van der Waals surface area contributed by atoms with Gasteiger partial charge in [-0.05, 0) is 55.0 Å². The molecule has 0 unspecified atom stereocenters. The van der Waals surface area contributed by atoms with E-state index in [0.29, 0.717) is 22.6 Å². The Morgan fingerprint density at radius 3 is 2.43 bits per heavy atom. The van der Waals surface area contributed by atoms with Crippen LogP contribution in [0.2, 0.25) is 0 Å². The average molecular weight is 470 g/mol. The van der Waals surface area contributed by atoms with E-state index in [1.165, 1.54) is 43.7 Å². The van der Waals surface area contributed by atoms with E-state index in [1.807, 2.05) is 0 Å². The van der Waals surface area contributed by atoms with Gasteiger partial charge in [0.1, 0.15) is 34.7 Å². The molecule has 5 rings (SSSR count). The third-order valence-electron chi connectivity index (χ3n) is 5.38. The van der Waals surface area contributed by atoms with Gasteiger partial charge in [-0.25, -0.2) is 9.59 Å². The first-order chi connectivity index (χ1) is 16.9. The number of rotatable bonds is 5. The van der Waals surface area contributed by atoms with Crippen LogP contribution >= 0.6 is 0 Å². The van der Waals surface area contributed by atoms with Crippen LogP contribution in [0.3, 0.4) is 0 Å². The third kappa shape index (κ3) is 4.37. The average Bonchev–Trinajstić information content (AvgIpc) is 2.85. The molecule has 0 bridgehead atoms. The van der Waals surface area contributed by atoms with E-state index in [9.17, 15) is 14.4 Å². The summed E-state index contributed by atoms with van der Waals surface area (Å²) in [5, 5.41) is 1.00. The zero-order chi connectivity index (χ0) is 24.5. The van der Waals surface area contributed by atoms with Gasteiger partial charge in [-0.1, -0.05) is 6.07 Å². The summed E-state index contributed by atoms with van der Waals surface area (Å²) in [6.45, 7) is 1.81. The summed E-state index contributed by atoms with van der Waals surface area (Å²) in [4.78, 5) is 37.1. The Morgan fingerprint density at radius 1 is 0.829 bits per heavy atom. The number of hydrogen-bond acceptors (Lipinski definition) is 8. The van der Waals surface area contributed by atoms with Gasteiger partial charge in [0, 0.05) is 23.6 Å². The van der Waals surface area contributed by atoms with Crippen molar-refractivity contribution < 1.29 is 27.8 Å². The van der Waals surface area contributed by atoms with Crippen LogP contribution in [-0.4, -0.2) is 13.1 Å². The van der Waals surface area contributed by atoms with Gasteiger partial charge < -0.3 is 23.0 Å². The molecular weight excluding hydrogens is 452 g/mol. The summed E-state index contributed by atoms with van der Waals surface area (Å²) < 4.78 is 27.0. The molecule has 0 radical (unpaired) electrons. The van der Waals surface area contributed by atoms with Gasteiger partial charge in [-0.15, -0.1) is 0 Å². The lowest BCUT2D eigenvalue weighted by molar-refractivity contribution is 0.0734. The second-order valence-electron chi connectivity index (χ2n) is 7.72. The van der Waals surface area contributed by atoms with Crippen LogP contribution < -0.4 is 25.3 Å². The lowest BCUT2D eigenvalue weighted by atomic mass is 10.1. The summed E-state index contributed by atoms with van der Waals surface area (Å²) in [6, 6.07) is 17.4. The quantitative estimate of drug-likeness (QED) is 0.195. The highest BCUT2D eigenvalue weighted by Gasteiger charge is 2.14. The molecule has 35 heavy (non-hydrogen) atoms. The van der Waals surface area contributed by atoms with E-state index in [2.05, 4.69) is 0 Å². The van der Waals surface area contributed by atoms with Gasteiger partial charge in [0.25, 0.3) is 0 Å². The standard InChI is InChI=1S/C27H18O8/c1-15-10-25(28)35-23-13-18(6-8-20(15)23)33-24-14-32-22-12-19(7-9-21(22)26(24)29)34-27(30)16-4-3-5-17(11-16)31-2/h3-14H,1-2H3. The number of carbonyl (C=O) groups is 1. The smallest absolute Gasteiger partial charge is 0.343 e. The second-order valence-corrected chi connectivity index (χ2v) is 7.72. The predicted molar refractivity (Wildman–Crippen MR) is 128 cm³/mol. The lowest BCUT2D eigenvalue weighted by Crippen LogP contribution is -2.09. The Morgan fingerprint density at radius 2 is 1.60 bits per heavy atom. The molecule has 174 valence electrons. The van der Waals surface area contributed by atoms with E-state index in [0.717, 1.165) is 10.9 Å². The van der Waals surface area contributed by atoms with Crippen molar-refractivity contribution in [2.24, 2.45) is 0 Å². The monoisotopic (exact) mass is 470 g/mol. The highest BCUT2D eigenvalue weighted by atomic mass is 16.5. The number of carbonyl (C=O) groups excluding carboxylic acids is 1. The van der Waals surface area contributed by atoms with E-state index >= 15 is 0 Å². The number of aryl methyl sites for hydroxylation is 1. The third-order valence-corrected chi connectivity index (χ3v) is 5.38. The maximum absolute atomic E-state index is 13.0. The molecule has 0 amide bonds. The first-order valence-corrected chi connectivity index (χ1v) is 10.6. The lowest BCUT2D eigenvalue weighted by Gasteiger charge is -2.08. The molecule has 2 aromatic heterocycles. The zero-order valence-corrected chi connectivity index (χ0v) is 18.7. The largest absolute Gasteiger partial charge is 0.497 e. The molecule has 0 aliphatic heterocycles. The van der Waals surface area contributed by atoms with Crippen LogP contribution in [0.15, 0.2) is 91.4 Å². The number of benzene rings is 3. The zero-order valence-electron chi connectivity index (χ0n) is 18.7. The molecule has 0 fully saturated rings. The topological polar surface area (TPSA) is 105 Å². The first-order valence-electron chi connectivity index (χ1n) is 10.6. The van der Waals surface area contributed by atoms with Crippen molar-refractivity contribution in [3.63, 3.8) is 0 Å². The highest BCUT2D eigenvalue weighted by molar-refractivity contribution is 5.92. The molecule has 2 heterocycles. The number of esters is 1. The Labute approximate surface area is 197 Å². The first kappa shape index (κ1) is 22.0. The summed E-state index contributed by atoms with van der Waals surface area (Å²) >= 11 is 0. The molecule has 0 saturated heterocycles. The van der Waals surface area contributed by atoms with E-state index in [4.69, 9.17) is 23.0 Å². The molecule has 0 atom stereocenters. The number of ether oxygens (including phenoxy) is 3. The molecule has 0 aliphatic rings. The van der Waals surface area contributed by atoms with Crippen LogP contribution in [-0.2, 0) is 0 Å². The molecule has 0 N–H and O–H groups in total. The molecule has 8 heteroatoms. The van der Waals surface area contributed by atoms with Crippen LogP contribution in [0.1, 0.15) is 15.9 Å². The van der Waals surface area contributed by atoms with Gasteiger partial charge >= 0.3 is 11.6 Å². The van der Waals surface area contributed by atoms with Crippen LogP contribution in [0.4, 0.5) is 0 Å². The van der Waals surface area contributed by atoms with Crippen LogP contribution in [0.5, 0.6) is 23.0 Å². The normalized spacial score (nSPS) is 10.9. The van der Waals surface area contributed by atoms with Crippen molar-refractivity contribution in [1.29, 1.82) is 0 Å². The van der Waals surface area contributed by atoms with Gasteiger partial charge in [-0.3, -0.25) is 4.79 Å². The van der Waals surface area contributed by atoms with E-state index in [-0.39, 0.29) is 22.5 Å². The molecular formula is C27H18O8. The summed E-state index contributed by atoms with van der Waals surface area (Å²) in [5.74, 6) is 0.417. The highest BCUT2D eigenvalue weighted by Crippen LogP contribution is 2.27. The second kappa shape index (κ2) is 8.83. The van der Waals surface area contributed by atoms with Crippen molar-refractivity contribution in [1.82, 2.24) is 0 Å². The van der Waals surface area contributed by atoms with Gasteiger partial charge in [-0.2, -0.15) is 0 Å². The van der Waals surface area contributed by atoms with Crippen molar-refractivity contribution >= 4 is 27.9 Å². The summed E-state index contributed by atoms with van der Waals surface area (Å²) in [7, 11) is 1.51. The fourth-order valence-corrected chi connectivity index (χ4v) is 3.64. The Hall–Kier alpha value is -4.85. The maximum atomic E-state index is 13.0. The predicted octanol–water partition coefficient (Wildman–Crippen LogP) is 5.23. The molecule has 8 nitrogen and oxygen atoms in total. The summed E-state index contributed by atoms with van der Waals surface area (Å²) in [5.41, 5.74) is 0.772. The molecule has 5 aromatic rings. The van der Waals surface area contributed by atoms with E-state index < -0.39 is 17.0 Å². The minimum atomic E-state index is -0.580. The van der Waals surface area contributed by atoms with Gasteiger partial charge in [0.15, 0.2) is 0 Å². The fourth-order valence-electron chi connectivity index (χ4n) is 3.64. The number of hydrogen-bond donors (Lipinski definition) is 0. The number of methoxy groups -OCH3 is 1. The Balaban J connectivity index is 1.41. The summed E-state index contributed by atoms with van der Waals surface area (Å²) in [6.07, 6.45) is 1.18. The van der Waals surface area contributed by atoms with Crippen LogP contribution in [0, 0.1) is 6.92 Å². The minimum absolute atomic E-state index is 0.0482. The van der Waals surface area contributed by atoms with Crippen molar-refractivity contribution in [2.75, 3.05) is 7.11 Å². The Kier molecular flexibility index (Phi) is 5.54. The van der Waals surface area contributed by atoms with Crippen molar-refractivity contribution in [2.45, 2.75) is 6.92 Å². The SMILES string of the molecule is COc1cccc(C(=O)Oc2ccc3c(=O)c(Oc4ccc5c(C)cc(=O)oc5c4)coc3c2)c1. The minimum Gasteiger partial charge on any atom is -0.497 e. The molecule has 0 saturated carbocycles. The van der Waals surface area contributed by atoms with Crippen molar-refractivity contribution in [3.05, 3.63) is 105 Å². The molecule has 0 spiro atoms. The molecule has 3 aromatic carbocycles. The maximum Gasteiger partial charge on any atom is 0.343 e. The van der Waals surface area contributed by atoms with Crippen LogP contribution in [0.25, 0.3) is 21.9 Å².